The average molecular weight is 1070 g/mol. The number of hydrogen-bond donors (Lipinski definition) is 4. The molecule has 1 aromatic carbocycles. The predicted octanol–water partition coefficient (Wildman–Crippen LogP) is 6.54. The molecular weight excluding hydrogens is 1010 g/mol. The summed E-state index contributed by atoms with van der Waals surface area (Å²) < 4.78 is 56.2. The molecule has 4 N–H and O–H groups in total. The SMILES string of the molecule is CCCCCCCCCCCCCCCCCC(=O)OCC(CO[C@H]1O[C@H](CS(=O)(=O)O)[C@@H](O)[C@H](O)[C@H]1O)OC(=O)c1cc(I)cc(I)c1I. The molecule has 0 saturated carbocycles. The second-order valence-electron chi connectivity index (χ2n) is 12.8. The van der Waals surface area contributed by atoms with Gasteiger partial charge in [-0.3, -0.25) is 9.35 Å². The van der Waals surface area contributed by atoms with Gasteiger partial charge in [0.05, 0.1) is 12.2 Å². The summed E-state index contributed by atoms with van der Waals surface area (Å²) in [7, 11) is -4.61. The molecule has 2 rings (SSSR count). The van der Waals surface area contributed by atoms with Crippen molar-refractivity contribution in [1.82, 2.24) is 0 Å². The standard InChI is InChI=1S/C34H53I3O12S/c1-2-3-4-5-6-7-8-9-10-11-12-13-14-15-16-17-28(38)46-20-24(48-33(42)25-18-23(35)19-26(36)29(25)37)21-47-34-32(41)31(40)30(39)27(49-34)22-50(43,44)45/h18-19,24,27,30-32,34,39-41H,2-17,20-22H2,1H3,(H,43,44,45)/t24?,27-,30-,31+,32-,34+/m1/s1. The molecule has 0 radical (unpaired) electrons. The van der Waals surface area contributed by atoms with Crippen LogP contribution in [0.2, 0.25) is 0 Å². The molecule has 50 heavy (non-hydrogen) atoms. The summed E-state index contributed by atoms with van der Waals surface area (Å²) in [6.45, 7) is 1.39. The van der Waals surface area contributed by atoms with Crippen LogP contribution in [0.3, 0.4) is 0 Å². The summed E-state index contributed by atoms with van der Waals surface area (Å²) in [4.78, 5) is 25.8. The van der Waals surface area contributed by atoms with Crippen molar-refractivity contribution < 1.29 is 56.8 Å². The Labute approximate surface area is 337 Å². The smallest absolute Gasteiger partial charge is 0.339 e. The lowest BCUT2D eigenvalue weighted by atomic mass is 10.00. The number of rotatable bonds is 25. The van der Waals surface area contributed by atoms with E-state index >= 15 is 0 Å². The third-order valence-electron chi connectivity index (χ3n) is 8.39. The molecule has 0 aromatic heterocycles. The van der Waals surface area contributed by atoms with Crippen LogP contribution in [0.5, 0.6) is 0 Å². The largest absolute Gasteiger partial charge is 0.462 e. The fraction of sp³-hybridized carbons (Fsp3) is 0.765. The van der Waals surface area contributed by atoms with Crippen molar-refractivity contribution in [1.29, 1.82) is 0 Å². The summed E-state index contributed by atoms with van der Waals surface area (Å²) in [5.74, 6) is -2.24. The van der Waals surface area contributed by atoms with Gasteiger partial charge in [-0.25, -0.2) is 4.79 Å². The molecule has 12 nitrogen and oxygen atoms in total. The van der Waals surface area contributed by atoms with E-state index in [0.717, 1.165) is 26.4 Å². The van der Waals surface area contributed by atoms with E-state index in [4.69, 9.17) is 18.9 Å². The van der Waals surface area contributed by atoms with Crippen LogP contribution in [0.1, 0.15) is 120 Å². The molecule has 288 valence electrons. The fourth-order valence-corrected chi connectivity index (χ4v) is 8.60. The van der Waals surface area contributed by atoms with E-state index in [2.05, 4.69) is 52.1 Å². The van der Waals surface area contributed by atoms with Gasteiger partial charge in [-0.2, -0.15) is 8.42 Å². The van der Waals surface area contributed by atoms with Gasteiger partial charge in [0.2, 0.25) is 0 Å². The molecule has 1 heterocycles. The van der Waals surface area contributed by atoms with Crippen LogP contribution >= 0.6 is 67.8 Å². The zero-order valence-electron chi connectivity index (χ0n) is 28.7. The molecular formula is C34H53I3O12S. The van der Waals surface area contributed by atoms with Crippen LogP contribution in [-0.4, -0.2) is 96.0 Å². The van der Waals surface area contributed by atoms with Gasteiger partial charge in [-0.05, 0) is 86.3 Å². The maximum absolute atomic E-state index is 13.2. The first-order valence-electron chi connectivity index (χ1n) is 17.5. The van der Waals surface area contributed by atoms with E-state index in [-0.39, 0.29) is 18.6 Å². The summed E-state index contributed by atoms with van der Waals surface area (Å²) in [5, 5.41) is 30.8. The van der Waals surface area contributed by atoms with Crippen molar-refractivity contribution in [2.24, 2.45) is 0 Å². The minimum absolute atomic E-state index is 0.193. The van der Waals surface area contributed by atoms with Gasteiger partial charge < -0.3 is 34.3 Å². The number of carbonyl (C=O) groups excluding carboxylic acids is 2. The van der Waals surface area contributed by atoms with E-state index in [1.807, 2.05) is 28.7 Å². The Balaban J connectivity index is 1.83. The highest BCUT2D eigenvalue weighted by atomic mass is 127. The lowest BCUT2D eigenvalue weighted by molar-refractivity contribution is -0.296. The van der Waals surface area contributed by atoms with Crippen LogP contribution in [0.15, 0.2) is 12.1 Å². The second kappa shape index (κ2) is 25.2. The Morgan fingerprint density at radius 1 is 0.800 bits per heavy atom. The summed E-state index contributed by atoms with van der Waals surface area (Å²) in [5.41, 5.74) is 0.289. The van der Waals surface area contributed by atoms with Crippen LogP contribution in [0.4, 0.5) is 0 Å². The van der Waals surface area contributed by atoms with Crippen molar-refractivity contribution in [2.75, 3.05) is 19.0 Å². The Morgan fingerprint density at radius 3 is 1.88 bits per heavy atom. The van der Waals surface area contributed by atoms with E-state index in [0.29, 0.717) is 9.99 Å². The Kier molecular flexibility index (Phi) is 23.3. The molecule has 1 aliphatic rings. The molecule has 16 heteroatoms. The Morgan fingerprint density at radius 2 is 1.34 bits per heavy atom. The Bertz CT molecular complexity index is 1270. The van der Waals surface area contributed by atoms with E-state index in [1.54, 1.807) is 6.07 Å². The maximum atomic E-state index is 13.2. The molecule has 6 atom stereocenters. The zero-order chi connectivity index (χ0) is 37.1. The van der Waals surface area contributed by atoms with Crippen LogP contribution in [0.25, 0.3) is 0 Å². The molecule has 1 unspecified atom stereocenters. The number of aliphatic hydroxyl groups excluding tert-OH is 3. The first-order valence-corrected chi connectivity index (χ1v) is 22.4. The first-order chi connectivity index (χ1) is 23.7. The number of carbonyl (C=O) groups is 2. The maximum Gasteiger partial charge on any atom is 0.339 e. The molecule has 0 amide bonds. The van der Waals surface area contributed by atoms with E-state index < -0.39 is 71.2 Å². The van der Waals surface area contributed by atoms with Gasteiger partial charge in [-0.15, -0.1) is 0 Å². The normalized spacial score (nSPS) is 21.6. The van der Waals surface area contributed by atoms with E-state index in [1.165, 1.54) is 70.6 Å². The monoisotopic (exact) mass is 1070 g/mol. The summed E-state index contributed by atoms with van der Waals surface area (Å²) in [6, 6.07) is 3.55. The van der Waals surface area contributed by atoms with Gasteiger partial charge >= 0.3 is 11.9 Å². The van der Waals surface area contributed by atoms with Crippen molar-refractivity contribution >= 4 is 89.8 Å². The van der Waals surface area contributed by atoms with Crippen molar-refractivity contribution in [2.45, 2.75) is 146 Å². The third kappa shape index (κ3) is 18.4. The molecule has 1 fully saturated rings. The van der Waals surface area contributed by atoms with Crippen LogP contribution in [-0.2, 0) is 33.9 Å². The third-order valence-corrected chi connectivity index (χ3v) is 12.8. The number of unbranched alkanes of at least 4 members (excludes halogenated alkanes) is 14. The van der Waals surface area contributed by atoms with Crippen LogP contribution < -0.4 is 0 Å². The zero-order valence-corrected chi connectivity index (χ0v) is 35.9. The minimum atomic E-state index is -4.61. The van der Waals surface area contributed by atoms with Crippen LogP contribution in [0, 0.1) is 10.7 Å². The molecule has 0 spiro atoms. The highest BCUT2D eigenvalue weighted by Crippen LogP contribution is 2.26. The van der Waals surface area contributed by atoms with Crippen molar-refractivity contribution in [3.05, 3.63) is 28.4 Å². The highest BCUT2D eigenvalue weighted by Gasteiger charge is 2.46. The highest BCUT2D eigenvalue weighted by molar-refractivity contribution is 14.1. The molecule has 1 saturated heterocycles. The number of hydrogen-bond acceptors (Lipinski definition) is 11. The Hall–Kier alpha value is 0.0600. The number of ether oxygens (including phenoxy) is 4. The number of benzene rings is 1. The average Bonchev–Trinajstić information content (AvgIpc) is 3.05. The van der Waals surface area contributed by atoms with Gasteiger partial charge in [0.25, 0.3) is 10.1 Å². The fourth-order valence-electron chi connectivity index (χ4n) is 5.54. The van der Waals surface area contributed by atoms with Crippen molar-refractivity contribution in [3.63, 3.8) is 0 Å². The molecule has 0 bridgehead atoms. The predicted molar refractivity (Wildman–Crippen MR) is 213 cm³/mol. The molecule has 0 aliphatic carbocycles. The van der Waals surface area contributed by atoms with Gasteiger partial charge in [-0.1, -0.05) is 96.8 Å². The lowest BCUT2D eigenvalue weighted by Gasteiger charge is -2.40. The minimum Gasteiger partial charge on any atom is -0.462 e. The van der Waals surface area contributed by atoms with Gasteiger partial charge in [0.15, 0.2) is 12.4 Å². The van der Waals surface area contributed by atoms with Gasteiger partial charge in [0, 0.05) is 17.1 Å². The number of halogens is 3. The van der Waals surface area contributed by atoms with E-state index in [9.17, 15) is 37.9 Å². The number of esters is 2. The van der Waals surface area contributed by atoms with Gasteiger partial charge in [0.1, 0.15) is 36.8 Å². The molecule has 1 aromatic rings. The van der Waals surface area contributed by atoms with Crippen molar-refractivity contribution in [3.8, 4) is 0 Å². The topological polar surface area (TPSA) is 186 Å². The quantitative estimate of drug-likeness (QED) is 0.0273. The lowest BCUT2D eigenvalue weighted by Crippen LogP contribution is -2.60. The molecule has 1 aliphatic heterocycles. The number of aliphatic hydroxyl groups is 3. The summed E-state index contributed by atoms with van der Waals surface area (Å²) in [6.07, 6.45) is 8.38. The second-order valence-corrected chi connectivity index (χ2v) is 17.7. The first kappa shape index (κ1) is 46.2. The summed E-state index contributed by atoms with van der Waals surface area (Å²) >= 11 is 6.21.